The largest absolute Gasteiger partial charge is 0.507 e. The SMILES string of the molecule is C/C=C\c1c(/C=C\C)n(C)c2c(N)ccc(O)c2c1=O. The van der Waals surface area contributed by atoms with Gasteiger partial charge < -0.3 is 15.4 Å². The van der Waals surface area contributed by atoms with Gasteiger partial charge in [0.1, 0.15) is 5.75 Å². The topological polar surface area (TPSA) is 68.2 Å². The van der Waals surface area contributed by atoms with E-state index in [2.05, 4.69) is 0 Å². The van der Waals surface area contributed by atoms with E-state index in [1.807, 2.05) is 37.6 Å². The lowest BCUT2D eigenvalue weighted by atomic mass is 10.0. The van der Waals surface area contributed by atoms with Crippen LogP contribution in [0.15, 0.2) is 29.1 Å². The van der Waals surface area contributed by atoms with Gasteiger partial charge in [0.2, 0.25) is 5.43 Å². The number of nitrogens with two attached hydrogens (primary N) is 1. The first kappa shape index (κ1) is 13.9. The van der Waals surface area contributed by atoms with Gasteiger partial charge in [0.05, 0.1) is 22.3 Å². The zero-order valence-electron chi connectivity index (χ0n) is 11.8. The zero-order chi connectivity index (χ0) is 14.9. The van der Waals surface area contributed by atoms with Crippen molar-refractivity contribution in [3.8, 4) is 5.75 Å². The molecule has 0 aliphatic carbocycles. The number of allylic oxidation sites excluding steroid dienone is 2. The Labute approximate surface area is 117 Å². The quantitative estimate of drug-likeness (QED) is 0.651. The number of phenols is 1. The van der Waals surface area contributed by atoms with Crippen molar-refractivity contribution >= 4 is 28.7 Å². The molecule has 0 bridgehead atoms. The van der Waals surface area contributed by atoms with Gasteiger partial charge >= 0.3 is 0 Å². The third kappa shape index (κ3) is 1.99. The van der Waals surface area contributed by atoms with Crippen molar-refractivity contribution in [2.45, 2.75) is 13.8 Å². The van der Waals surface area contributed by atoms with E-state index in [4.69, 9.17) is 5.73 Å². The Morgan fingerprint density at radius 3 is 2.45 bits per heavy atom. The van der Waals surface area contributed by atoms with Crippen molar-refractivity contribution in [1.29, 1.82) is 0 Å². The van der Waals surface area contributed by atoms with Gasteiger partial charge in [0, 0.05) is 12.6 Å². The number of fused-ring (bicyclic) bond motifs is 1. The maximum absolute atomic E-state index is 12.6. The van der Waals surface area contributed by atoms with Crippen LogP contribution in [0.3, 0.4) is 0 Å². The summed E-state index contributed by atoms with van der Waals surface area (Å²) in [5.74, 6) is -0.0485. The van der Waals surface area contributed by atoms with Crippen molar-refractivity contribution in [3.63, 3.8) is 0 Å². The van der Waals surface area contributed by atoms with Crippen molar-refractivity contribution in [2.24, 2.45) is 7.05 Å². The van der Waals surface area contributed by atoms with Gasteiger partial charge in [0.25, 0.3) is 0 Å². The highest BCUT2D eigenvalue weighted by Crippen LogP contribution is 2.29. The molecule has 2 aromatic rings. The highest BCUT2D eigenvalue weighted by molar-refractivity contribution is 5.96. The Bertz CT molecular complexity index is 783. The average molecular weight is 270 g/mol. The first-order valence-electron chi connectivity index (χ1n) is 6.42. The van der Waals surface area contributed by atoms with Crippen molar-refractivity contribution in [2.75, 3.05) is 5.73 Å². The molecule has 2 rings (SSSR count). The Balaban J connectivity index is 3.14. The number of aromatic hydroxyl groups is 1. The molecule has 1 aromatic carbocycles. The molecule has 4 nitrogen and oxygen atoms in total. The highest BCUT2D eigenvalue weighted by Gasteiger charge is 2.16. The van der Waals surface area contributed by atoms with E-state index >= 15 is 0 Å². The molecule has 1 heterocycles. The minimum Gasteiger partial charge on any atom is -0.507 e. The molecular formula is C16H18N2O2. The Hall–Kier alpha value is -2.49. The van der Waals surface area contributed by atoms with Crippen LogP contribution in [-0.4, -0.2) is 9.67 Å². The number of nitrogens with zero attached hydrogens (tertiary/aromatic N) is 1. The Morgan fingerprint density at radius 2 is 1.85 bits per heavy atom. The monoisotopic (exact) mass is 270 g/mol. The van der Waals surface area contributed by atoms with Crippen LogP contribution in [-0.2, 0) is 7.05 Å². The van der Waals surface area contributed by atoms with Crippen molar-refractivity contribution in [1.82, 2.24) is 4.57 Å². The zero-order valence-corrected chi connectivity index (χ0v) is 11.8. The van der Waals surface area contributed by atoms with Gasteiger partial charge in [-0.1, -0.05) is 18.2 Å². The van der Waals surface area contributed by atoms with Crippen LogP contribution >= 0.6 is 0 Å². The van der Waals surface area contributed by atoms with E-state index in [9.17, 15) is 9.90 Å². The number of nitrogen functional groups attached to an aromatic ring is 1. The van der Waals surface area contributed by atoms with Crippen LogP contribution in [0.5, 0.6) is 5.75 Å². The molecule has 0 unspecified atom stereocenters. The molecule has 1 aromatic heterocycles. The number of benzene rings is 1. The van der Waals surface area contributed by atoms with Crippen LogP contribution in [0.1, 0.15) is 25.1 Å². The number of hydrogen-bond acceptors (Lipinski definition) is 3. The maximum Gasteiger partial charge on any atom is 0.201 e. The molecule has 0 amide bonds. The second-order valence-corrected chi connectivity index (χ2v) is 4.58. The fourth-order valence-corrected chi connectivity index (χ4v) is 2.42. The van der Waals surface area contributed by atoms with E-state index in [0.29, 0.717) is 16.8 Å². The van der Waals surface area contributed by atoms with E-state index in [1.165, 1.54) is 6.07 Å². The summed E-state index contributed by atoms with van der Waals surface area (Å²) in [6.45, 7) is 3.74. The molecule has 0 aliphatic rings. The number of rotatable bonds is 2. The molecule has 0 aliphatic heterocycles. The molecule has 0 atom stereocenters. The van der Waals surface area contributed by atoms with E-state index < -0.39 is 0 Å². The van der Waals surface area contributed by atoms with Gasteiger partial charge in [-0.15, -0.1) is 0 Å². The molecule has 4 heteroatoms. The number of aryl methyl sites for hydroxylation is 1. The molecule has 0 radical (unpaired) electrons. The van der Waals surface area contributed by atoms with E-state index in [1.54, 1.807) is 18.2 Å². The predicted octanol–water partition coefficient (Wildman–Crippen LogP) is 2.89. The lowest BCUT2D eigenvalue weighted by Crippen LogP contribution is -2.16. The van der Waals surface area contributed by atoms with Gasteiger partial charge in [-0.25, -0.2) is 0 Å². The van der Waals surface area contributed by atoms with Crippen LogP contribution in [0, 0.1) is 0 Å². The molecule has 0 saturated carbocycles. The molecule has 0 fully saturated rings. The molecular weight excluding hydrogens is 252 g/mol. The van der Waals surface area contributed by atoms with Crippen molar-refractivity contribution < 1.29 is 5.11 Å². The molecule has 3 N–H and O–H groups in total. The molecule has 20 heavy (non-hydrogen) atoms. The predicted molar refractivity (Wildman–Crippen MR) is 84.7 cm³/mol. The number of pyridine rings is 1. The van der Waals surface area contributed by atoms with Gasteiger partial charge in [-0.3, -0.25) is 4.79 Å². The number of anilines is 1. The smallest absolute Gasteiger partial charge is 0.201 e. The summed E-state index contributed by atoms with van der Waals surface area (Å²) < 4.78 is 1.83. The Kier molecular flexibility index (Phi) is 3.66. The lowest BCUT2D eigenvalue weighted by molar-refractivity contribution is 0.481. The van der Waals surface area contributed by atoms with Crippen LogP contribution in [0.4, 0.5) is 5.69 Å². The average Bonchev–Trinajstić information content (AvgIpc) is 2.42. The summed E-state index contributed by atoms with van der Waals surface area (Å²) >= 11 is 0. The summed E-state index contributed by atoms with van der Waals surface area (Å²) in [5.41, 5.74) is 8.08. The lowest BCUT2D eigenvalue weighted by Gasteiger charge is -2.15. The van der Waals surface area contributed by atoms with Gasteiger partial charge in [-0.2, -0.15) is 0 Å². The second kappa shape index (κ2) is 5.25. The van der Waals surface area contributed by atoms with E-state index in [-0.39, 0.29) is 16.6 Å². The third-order valence-corrected chi connectivity index (χ3v) is 3.29. The molecule has 104 valence electrons. The summed E-state index contributed by atoms with van der Waals surface area (Å²) in [4.78, 5) is 12.6. The third-order valence-electron chi connectivity index (χ3n) is 3.29. The van der Waals surface area contributed by atoms with E-state index in [0.717, 1.165) is 5.69 Å². The Morgan fingerprint density at radius 1 is 1.20 bits per heavy atom. The summed E-state index contributed by atoms with van der Waals surface area (Å²) in [7, 11) is 1.83. The maximum atomic E-state index is 12.6. The first-order valence-corrected chi connectivity index (χ1v) is 6.42. The van der Waals surface area contributed by atoms with Gasteiger partial charge in [-0.05, 0) is 32.1 Å². The first-order chi connectivity index (χ1) is 9.52. The molecule has 0 spiro atoms. The van der Waals surface area contributed by atoms with Crippen LogP contribution < -0.4 is 11.2 Å². The highest BCUT2D eigenvalue weighted by atomic mass is 16.3. The summed E-state index contributed by atoms with van der Waals surface area (Å²) in [6, 6.07) is 3.06. The number of phenolic OH excluding ortho intramolecular Hbond substituents is 1. The van der Waals surface area contributed by atoms with Gasteiger partial charge in [0.15, 0.2) is 0 Å². The fraction of sp³-hybridized carbons (Fsp3) is 0.188. The normalized spacial score (nSPS) is 11.9. The minimum atomic E-state index is -0.214. The number of hydrogen-bond donors (Lipinski definition) is 2. The molecule has 0 saturated heterocycles. The summed E-state index contributed by atoms with van der Waals surface area (Å²) in [6.07, 6.45) is 7.28. The standard InChI is InChI=1S/C16H18N2O2/c1-4-6-10-12(7-5-2)18(3)15-11(17)8-9-13(19)14(15)16(10)20/h4-9,19H,17H2,1-3H3/b6-4-,7-5-. The second-order valence-electron chi connectivity index (χ2n) is 4.58. The summed E-state index contributed by atoms with van der Waals surface area (Å²) in [5, 5.41) is 10.3. The minimum absolute atomic E-state index is 0.0485. The number of aromatic nitrogens is 1. The van der Waals surface area contributed by atoms with Crippen molar-refractivity contribution in [3.05, 3.63) is 45.8 Å². The van der Waals surface area contributed by atoms with Crippen LogP contribution in [0.2, 0.25) is 0 Å². The van der Waals surface area contributed by atoms with Crippen LogP contribution in [0.25, 0.3) is 23.1 Å². The fourth-order valence-electron chi connectivity index (χ4n) is 2.42.